The second-order valence-electron chi connectivity index (χ2n) is 5.21. The molecule has 0 aliphatic carbocycles. The molecule has 2 aromatic rings. The van der Waals surface area contributed by atoms with Crippen molar-refractivity contribution in [2.24, 2.45) is 0 Å². The van der Waals surface area contributed by atoms with Crippen LogP contribution in [0.5, 0.6) is 6.01 Å². The molecule has 0 saturated heterocycles. The highest BCUT2D eigenvalue weighted by Crippen LogP contribution is 2.20. The number of hydrogen-bond acceptors (Lipinski definition) is 4. The Balaban J connectivity index is 2.15. The van der Waals surface area contributed by atoms with Gasteiger partial charge in [0, 0.05) is 5.69 Å². The molecule has 116 valence electrons. The Bertz CT molecular complexity index is 670. The van der Waals surface area contributed by atoms with Crippen LogP contribution in [-0.4, -0.2) is 23.1 Å². The molecule has 1 heterocycles. The van der Waals surface area contributed by atoms with Crippen LogP contribution in [0.4, 0.5) is 16.2 Å². The summed E-state index contributed by atoms with van der Waals surface area (Å²) < 4.78 is 5.01. The fraction of sp³-hybridized carbons (Fsp3) is 0.312. The largest absolute Gasteiger partial charge is 0.467 e. The minimum absolute atomic E-state index is 0.287. The Kier molecular flexibility index (Phi) is 4.60. The van der Waals surface area contributed by atoms with Crippen LogP contribution in [-0.2, 0) is 0 Å². The number of aryl methyl sites for hydroxylation is 4. The average Bonchev–Trinajstić information content (AvgIpc) is 2.41. The number of hydrogen-bond donors (Lipinski definition) is 2. The van der Waals surface area contributed by atoms with E-state index in [0.717, 1.165) is 16.8 Å². The van der Waals surface area contributed by atoms with E-state index in [-0.39, 0.29) is 12.0 Å². The van der Waals surface area contributed by atoms with Gasteiger partial charge in [0.2, 0.25) is 0 Å². The van der Waals surface area contributed by atoms with Crippen molar-refractivity contribution in [2.45, 2.75) is 27.7 Å². The summed E-state index contributed by atoms with van der Waals surface area (Å²) in [5.74, 6) is 0. The zero-order valence-corrected chi connectivity index (χ0v) is 13.4. The van der Waals surface area contributed by atoms with E-state index in [2.05, 4.69) is 26.7 Å². The third-order valence-corrected chi connectivity index (χ3v) is 3.15. The van der Waals surface area contributed by atoms with Crippen molar-refractivity contribution in [3.63, 3.8) is 0 Å². The molecule has 0 bridgehead atoms. The van der Waals surface area contributed by atoms with Crippen LogP contribution in [0.25, 0.3) is 0 Å². The van der Waals surface area contributed by atoms with Crippen molar-refractivity contribution in [1.29, 1.82) is 0 Å². The van der Waals surface area contributed by atoms with Crippen LogP contribution in [0.2, 0.25) is 0 Å². The summed E-state index contributed by atoms with van der Waals surface area (Å²) in [6.07, 6.45) is 0. The molecule has 1 aromatic heterocycles. The summed E-state index contributed by atoms with van der Waals surface area (Å²) in [5.41, 5.74) is 4.83. The normalized spacial score (nSPS) is 10.2. The highest BCUT2D eigenvalue weighted by molar-refractivity contribution is 6.00. The first-order chi connectivity index (χ1) is 10.4. The zero-order valence-electron chi connectivity index (χ0n) is 13.4. The van der Waals surface area contributed by atoms with Gasteiger partial charge in [-0.1, -0.05) is 6.07 Å². The van der Waals surface area contributed by atoms with Crippen molar-refractivity contribution in [3.05, 3.63) is 40.7 Å². The summed E-state index contributed by atoms with van der Waals surface area (Å²) in [4.78, 5) is 20.5. The highest BCUT2D eigenvalue weighted by atomic mass is 16.5. The molecule has 6 nitrogen and oxygen atoms in total. The van der Waals surface area contributed by atoms with Gasteiger partial charge in [-0.05, 0) is 51.0 Å². The average molecular weight is 300 g/mol. The number of nitrogens with zero attached hydrogens (tertiary/aromatic N) is 2. The fourth-order valence-electron chi connectivity index (χ4n) is 2.28. The van der Waals surface area contributed by atoms with Gasteiger partial charge < -0.3 is 15.4 Å². The van der Waals surface area contributed by atoms with Crippen LogP contribution in [0.15, 0.2) is 18.2 Å². The van der Waals surface area contributed by atoms with Gasteiger partial charge in [-0.25, -0.2) is 4.79 Å². The minimum atomic E-state index is -0.329. The van der Waals surface area contributed by atoms with Crippen molar-refractivity contribution in [2.75, 3.05) is 17.7 Å². The van der Waals surface area contributed by atoms with Gasteiger partial charge in [-0.15, -0.1) is 0 Å². The first kappa shape index (κ1) is 15.8. The molecule has 6 heteroatoms. The topological polar surface area (TPSA) is 76.1 Å². The smallest absolute Gasteiger partial charge is 0.323 e. The maximum atomic E-state index is 12.2. The fourth-order valence-corrected chi connectivity index (χ4v) is 2.28. The Morgan fingerprint density at radius 1 is 0.955 bits per heavy atom. The Morgan fingerprint density at radius 2 is 1.50 bits per heavy atom. The van der Waals surface area contributed by atoms with E-state index < -0.39 is 0 Å². The lowest BCUT2D eigenvalue weighted by atomic mass is 10.1. The monoisotopic (exact) mass is 300 g/mol. The van der Waals surface area contributed by atoms with E-state index in [4.69, 9.17) is 4.74 Å². The number of carbonyl (C=O) groups is 1. The first-order valence-corrected chi connectivity index (χ1v) is 6.94. The highest BCUT2D eigenvalue weighted by Gasteiger charge is 2.12. The van der Waals surface area contributed by atoms with Crippen molar-refractivity contribution >= 4 is 17.4 Å². The van der Waals surface area contributed by atoms with Gasteiger partial charge in [-0.2, -0.15) is 9.97 Å². The number of anilines is 2. The third-order valence-electron chi connectivity index (χ3n) is 3.15. The van der Waals surface area contributed by atoms with Crippen molar-refractivity contribution in [1.82, 2.24) is 9.97 Å². The number of methoxy groups -OCH3 is 1. The van der Waals surface area contributed by atoms with E-state index in [1.807, 2.05) is 26.0 Å². The number of benzene rings is 1. The molecule has 0 radical (unpaired) electrons. The number of amides is 2. The third kappa shape index (κ3) is 3.72. The summed E-state index contributed by atoms with van der Waals surface area (Å²) in [6, 6.07) is 5.84. The summed E-state index contributed by atoms with van der Waals surface area (Å²) in [5, 5.41) is 5.60. The molecule has 0 aliphatic rings. The molecule has 0 aliphatic heterocycles. The predicted molar refractivity (Wildman–Crippen MR) is 86.6 cm³/mol. The van der Waals surface area contributed by atoms with Crippen LogP contribution in [0.3, 0.4) is 0 Å². The number of carbonyl (C=O) groups excluding carboxylic acids is 1. The quantitative estimate of drug-likeness (QED) is 0.911. The molecule has 0 spiro atoms. The minimum Gasteiger partial charge on any atom is -0.467 e. The van der Waals surface area contributed by atoms with E-state index in [1.54, 1.807) is 13.8 Å². The Morgan fingerprint density at radius 3 is 2.00 bits per heavy atom. The molecular weight excluding hydrogens is 280 g/mol. The number of nitrogens with one attached hydrogen (secondary N) is 2. The maximum Gasteiger partial charge on any atom is 0.323 e. The lowest BCUT2D eigenvalue weighted by Crippen LogP contribution is -2.21. The second kappa shape index (κ2) is 6.43. The molecule has 2 N–H and O–H groups in total. The molecule has 0 fully saturated rings. The van der Waals surface area contributed by atoms with Gasteiger partial charge in [0.05, 0.1) is 24.2 Å². The molecule has 1 aromatic carbocycles. The van der Waals surface area contributed by atoms with E-state index in [0.29, 0.717) is 17.1 Å². The molecule has 0 atom stereocenters. The van der Waals surface area contributed by atoms with E-state index in [1.165, 1.54) is 7.11 Å². The number of urea groups is 1. The standard InChI is InChI=1S/C16H20N4O2/c1-9-6-10(2)8-13(7-9)19-15(21)20-14-11(3)17-16(22-5)18-12(14)4/h6-8H,1-5H3,(H2,19,20,21). The van der Waals surface area contributed by atoms with Gasteiger partial charge in [0.25, 0.3) is 0 Å². The lowest BCUT2D eigenvalue weighted by molar-refractivity contribution is 0.262. The second-order valence-corrected chi connectivity index (χ2v) is 5.21. The maximum absolute atomic E-state index is 12.2. The zero-order chi connectivity index (χ0) is 16.3. The summed E-state index contributed by atoms with van der Waals surface area (Å²) in [7, 11) is 1.51. The molecular formula is C16H20N4O2. The number of ether oxygens (including phenoxy) is 1. The van der Waals surface area contributed by atoms with Crippen molar-refractivity contribution in [3.8, 4) is 6.01 Å². The molecule has 2 rings (SSSR count). The van der Waals surface area contributed by atoms with Crippen LogP contribution < -0.4 is 15.4 Å². The Hall–Kier alpha value is -2.63. The van der Waals surface area contributed by atoms with Crippen LogP contribution >= 0.6 is 0 Å². The molecule has 0 saturated carbocycles. The molecule has 2 amide bonds. The van der Waals surface area contributed by atoms with Crippen LogP contribution in [0, 0.1) is 27.7 Å². The number of rotatable bonds is 3. The van der Waals surface area contributed by atoms with E-state index in [9.17, 15) is 4.79 Å². The lowest BCUT2D eigenvalue weighted by Gasteiger charge is -2.13. The van der Waals surface area contributed by atoms with Crippen LogP contribution in [0.1, 0.15) is 22.5 Å². The Labute approximate surface area is 129 Å². The van der Waals surface area contributed by atoms with Gasteiger partial charge in [0.1, 0.15) is 0 Å². The SMILES string of the molecule is COc1nc(C)c(NC(=O)Nc2cc(C)cc(C)c2)c(C)n1. The van der Waals surface area contributed by atoms with E-state index >= 15 is 0 Å². The molecule has 0 unspecified atom stereocenters. The summed E-state index contributed by atoms with van der Waals surface area (Å²) in [6.45, 7) is 7.57. The van der Waals surface area contributed by atoms with Gasteiger partial charge in [0.15, 0.2) is 0 Å². The molecule has 22 heavy (non-hydrogen) atoms. The number of aromatic nitrogens is 2. The summed E-state index contributed by atoms with van der Waals surface area (Å²) >= 11 is 0. The van der Waals surface area contributed by atoms with Gasteiger partial charge in [-0.3, -0.25) is 0 Å². The first-order valence-electron chi connectivity index (χ1n) is 6.94. The van der Waals surface area contributed by atoms with Crippen molar-refractivity contribution < 1.29 is 9.53 Å². The predicted octanol–water partition coefficient (Wildman–Crippen LogP) is 3.36. The van der Waals surface area contributed by atoms with Gasteiger partial charge >= 0.3 is 12.0 Å².